The molecule has 29 heavy (non-hydrogen) atoms. The highest BCUT2D eigenvalue weighted by Gasteiger charge is 2.27. The molecule has 0 saturated heterocycles. The number of hydrogen-bond acceptors (Lipinski definition) is 4. The zero-order valence-electron chi connectivity index (χ0n) is 16.6. The molecule has 1 amide bonds. The Morgan fingerprint density at radius 3 is 2.38 bits per heavy atom. The number of nitrogens with zero attached hydrogens (tertiary/aromatic N) is 2. The van der Waals surface area contributed by atoms with Gasteiger partial charge >= 0.3 is 5.97 Å². The first-order valence-corrected chi connectivity index (χ1v) is 9.59. The molecule has 150 valence electrons. The van der Waals surface area contributed by atoms with Crippen molar-refractivity contribution in [3.63, 3.8) is 0 Å². The molecule has 1 heterocycles. The summed E-state index contributed by atoms with van der Waals surface area (Å²) in [5, 5.41) is 7.35. The number of esters is 1. The highest BCUT2D eigenvalue weighted by Crippen LogP contribution is 2.23. The van der Waals surface area contributed by atoms with Crippen LogP contribution in [0.25, 0.3) is 5.69 Å². The molecule has 3 aromatic rings. The SMILES string of the molecule is COC(=O)[C@H](C)[C@H](NC(=O)CCc1cnn(-c2ccccc2)c1)c1ccccc1. The minimum absolute atomic E-state index is 0.123. The van der Waals surface area contributed by atoms with Crippen LogP contribution < -0.4 is 5.32 Å². The summed E-state index contributed by atoms with van der Waals surface area (Å²) < 4.78 is 6.66. The van der Waals surface area contributed by atoms with E-state index >= 15 is 0 Å². The summed E-state index contributed by atoms with van der Waals surface area (Å²) in [4.78, 5) is 24.6. The third-order valence-electron chi connectivity index (χ3n) is 4.85. The van der Waals surface area contributed by atoms with Gasteiger partial charge in [-0.3, -0.25) is 9.59 Å². The maximum atomic E-state index is 12.6. The summed E-state index contributed by atoms with van der Waals surface area (Å²) in [5.74, 6) is -0.975. The Balaban J connectivity index is 1.63. The average molecular weight is 391 g/mol. The Bertz CT molecular complexity index is 938. The van der Waals surface area contributed by atoms with E-state index in [0.717, 1.165) is 16.8 Å². The van der Waals surface area contributed by atoms with Gasteiger partial charge in [0.2, 0.25) is 5.91 Å². The first-order valence-electron chi connectivity index (χ1n) is 9.59. The molecule has 0 bridgehead atoms. The number of amides is 1. The van der Waals surface area contributed by atoms with Gasteiger partial charge in [0.15, 0.2) is 0 Å². The van der Waals surface area contributed by atoms with Crippen molar-refractivity contribution in [2.45, 2.75) is 25.8 Å². The Morgan fingerprint density at radius 2 is 1.72 bits per heavy atom. The molecule has 0 aliphatic carbocycles. The van der Waals surface area contributed by atoms with Crippen LogP contribution >= 0.6 is 0 Å². The second-order valence-corrected chi connectivity index (χ2v) is 6.90. The number of para-hydroxylation sites is 1. The molecule has 0 spiro atoms. The van der Waals surface area contributed by atoms with Crippen molar-refractivity contribution < 1.29 is 14.3 Å². The van der Waals surface area contributed by atoms with Gasteiger partial charge in [-0.25, -0.2) is 4.68 Å². The van der Waals surface area contributed by atoms with E-state index in [1.165, 1.54) is 7.11 Å². The lowest BCUT2D eigenvalue weighted by atomic mass is 9.94. The van der Waals surface area contributed by atoms with Crippen molar-refractivity contribution >= 4 is 11.9 Å². The number of rotatable bonds is 8. The smallest absolute Gasteiger partial charge is 0.310 e. The van der Waals surface area contributed by atoms with Crippen molar-refractivity contribution in [3.8, 4) is 5.69 Å². The molecule has 6 heteroatoms. The maximum Gasteiger partial charge on any atom is 0.310 e. The van der Waals surface area contributed by atoms with Gasteiger partial charge in [-0.05, 0) is 36.6 Å². The summed E-state index contributed by atoms with van der Waals surface area (Å²) in [6.45, 7) is 1.76. The molecule has 6 nitrogen and oxygen atoms in total. The van der Waals surface area contributed by atoms with E-state index in [1.54, 1.807) is 17.8 Å². The molecule has 2 aromatic carbocycles. The standard InChI is InChI=1S/C23H25N3O3/c1-17(23(28)29-2)22(19-9-5-3-6-10-19)25-21(27)14-13-18-15-24-26(16-18)20-11-7-4-8-12-20/h3-12,15-17,22H,13-14H2,1-2H3,(H,25,27)/t17-,22+/m1/s1. The van der Waals surface area contributed by atoms with Crippen molar-refractivity contribution in [3.05, 3.63) is 84.2 Å². The molecular weight excluding hydrogens is 366 g/mol. The van der Waals surface area contributed by atoms with E-state index in [9.17, 15) is 9.59 Å². The average Bonchev–Trinajstić information content (AvgIpc) is 3.25. The predicted molar refractivity (Wildman–Crippen MR) is 110 cm³/mol. The van der Waals surface area contributed by atoms with Crippen molar-refractivity contribution in [2.24, 2.45) is 5.92 Å². The van der Waals surface area contributed by atoms with Gasteiger partial charge in [-0.2, -0.15) is 5.10 Å². The van der Waals surface area contributed by atoms with Gasteiger partial charge in [-0.15, -0.1) is 0 Å². The Morgan fingerprint density at radius 1 is 1.07 bits per heavy atom. The summed E-state index contributed by atoms with van der Waals surface area (Å²) in [7, 11) is 1.35. The lowest BCUT2D eigenvalue weighted by Crippen LogP contribution is -2.36. The monoisotopic (exact) mass is 391 g/mol. The number of hydrogen-bond donors (Lipinski definition) is 1. The van der Waals surface area contributed by atoms with Crippen LogP contribution in [0, 0.1) is 5.92 Å². The first-order chi connectivity index (χ1) is 14.1. The minimum Gasteiger partial charge on any atom is -0.469 e. The molecule has 0 fully saturated rings. The van der Waals surface area contributed by atoms with Crippen LogP contribution in [0.1, 0.15) is 30.5 Å². The van der Waals surface area contributed by atoms with Crippen LogP contribution in [0.15, 0.2) is 73.1 Å². The molecule has 0 unspecified atom stereocenters. The van der Waals surface area contributed by atoms with Crippen LogP contribution in [0.2, 0.25) is 0 Å². The first kappa shape index (κ1) is 20.3. The van der Waals surface area contributed by atoms with Gasteiger partial charge in [0.25, 0.3) is 0 Å². The fraction of sp³-hybridized carbons (Fsp3) is 0.261. The summed E-state index contributed by atoms with van der Waals surface area (Å²) in [5.41, 5.74) is 2.82. The minimum atomic E-state index is -0.493. The fourth-order valence-corrected chi connectivity index (χ4v) is 3.19. The largest absolute Gasteiger partial charge is 0.469 e. The van der Waals surface area contributed by atoms with E-state index in [-0.39, 0.29) is 11.9 Å². The number of methoxy groups -OCH3 is 1. The highest BCUT2D eigenvalue weighted by atomic mass is 16.5. The molecule has 1 N–H and O–H groups in total. The molecule has 2 atom stereocenters. The zero-order chi connectivity index (χ0) is 20.6. The van der Waals surface area contributed by atoms with Crippen molar-refractivity contribution in [2.75, 3.05) is 7.11 Å². The van der Waals surface area contributed by atoms with E-state index in [4.69, 9.17) is 4.74 Å². The van der Waals surface area contributed by atoms with Crippen molar-refractivity contribution in [1.82, 2.24) is 15.1 Å². The summed E-state index contributed by atoms with van der Waals surface area (Å²) in [6, 6.07) is 18.8. The Hall–Kier alpha value is -3.41. The van der Waals surface area contributed by atoms with Crippen molar-refractivity contribution in [1.29, 1.82) is 0 Å². The van der Waals surface area contributed by atoms with E-state index in [2.05, 4.69) is 10.4 Å². The quantitative estimate of drug-likeness (QED) is 0.597. The second kappa shape index (κ2) is 9.68. The summed E-state index contributed by atoms with van der Waals surface area (Å²) in [6.07, 6.45) is 4.56. The molecule has 0 aliphatic heterocycles. The lowest BCUT2D eigenvalue weighted by Gasteiger charge is -2.24. The number of aromatic nitrogens is 2. The normalized spacial score (nSPS) is 12.8. The fourth-order valence-electron chi connectivity index (χ4n) is 3.19. The number of nitrogens with one attached hydrogen (secondary N) is 1. The Kier molecular flexibility index (Phi) is 6.79. The zero-order valence-corrected chi connectivity index (χ0v) is 16.6. The number of benzene rings is 2. The molecule has 1 aromatic heterocycles. The molecular formula is C23H25N3O3. The van der Waals surface area contributed by atoms with Crippen LogP contribution in [-0.4, -0.2) is 28.8 Å². The molecule has 0 saturated carbocycles. The van der Waals surface area contributed by atoms with Crippen LogP contribution in [-0.2, 0) is 20.7 Å². The number of carbonyl (C=O) groups excluding carboxylic acids is 2. The second-order valence-electron chi connectivity index (χ2n) is 6.90. The van der Waals surface area contributed by atoms with Crippen LogP contribution in [0.3, 0.4) is 0 Å². The van der Waals surface area contributed by atoms with Gasteiger partial charge in [-0.1, -0.05) is 48.5 Å². The maximum absolute atomic E-state index is 12.6. The van der Waals surface area contributed by atoms with E-state index in [1.807, 2.05) is 66.9 Å². The third-order valence-corrected chi connectivity index (χ3v) is 4.85. The number of carbonyl (C=O) groups is 2. The molecule has 3 rings (SSSR count). The molecule has 0 radical (unpaired) electrons. The predicted octanol–water partition coefficient (Wildman–Crippen LogP) is 3.47. The van der Waals surface area contributed by atoms with Crippen LogP contribution in [0.5, 0.6) is 0 Å². The van der Waals surface area contributed by atoms with Gasteiger partial charge < -0.3 is 10.1 Å². The Labute approximate surface area is 170 Å². The van der Waals surface area contributed by atoms with Gasteiger partial charge in [0.05, 0.1) is 31.0 Å². The third kappa shape index (κ3) is 5.31. The van der Waals surface area contributed by atoms with E-state index < -0.39 is 12.0 Å². The van der Waals surface area contributed by atoms with Crippen LogP contribution in [0.4, 0.5) is 0 Å². The van der Waals surface area contributed by atoms with Gasteiger partial charge in [0, 0.05) is 12.6 Å². The highest BCUT2D eigenvalue weighted by molar-refractivity contribution is 5.79. The molecule has 0 aliphatic rings. The van der Waals surface area contributed by atoms with Gasteiger partial charge in [0.1, 0.15) is 0 Å². The summed E-state index contributed by atoms with van der Waals surface area (Å²) >= 11 is 0. The lowest BCUT2D eigenvalue weighted by molar-refractivity contribution is -0.146. The van der Waals surface area contributed by atoms with E-state index in [0.29, 0.717) is 12.8 Å². The topological polar surface area (TPSA) is 73.2 Å². The number of aryl methyl sites for hydroxylation is 1. The number of ether oxygens (including phenoxy) is 1.